The minimum absolute atomic E-state index is 0.553. The number of benzene rings is 10. The van der Waals surface area contributed by atoms with Crippen LogP contribution in [0.15, 0.2) is 249 Å². The predicted octanol–water partition coefficient (Wildman–Crippen LogP) is 16.1. The zero-order valence-corrected chi connectivity index (χ0v) is 36.9. The smallest absolute Gasteiger partial charge is 0.238 e. The molecule has 68 heavy (non-hydrogen) atoms. The normalized spacial score (nSPS) is 11.5. The first-order valence-electron chi connectivity index (χ1n) is 23.0. The molecule has 0 N–H and O–H groups in total. The molecule has 0 amide bonds. The summed E-state index contributed by atoms with van der Waals surface area (Å²) < 4.78 is 4.68. The van der Waals surface area contributed by atoms with Gasteiger partial charge in [0.25, 0.3) is 0 Å². The number of hydrogen-bond donors (Lipinski definition) is 0. The number of rotatable bonds is 8. The van der Waals surface area contributed by atoms with Crippen molar-refractivity contribution in [2.24, 2.45) is 0 Å². The van der Waals surface area contributed by atoms with E-state index in [-0.39, 0.29) is 0 Å². The molecule has 0 unspecified atom stereocenters. The molecule has 0 saturated carbocycles. The van der Waals surface area contributed by atoms with Gasteiger partial charge < -0.3 is 4.57 Å². The van der Waals surface area contributed by atoms with Crippen molar-refractivity contribution in [3.63, 3.8) is 0 Å². The second-order valence-electron chi connectivity index (χ2n) is 17.2. The molecule has 318 valence electrons. The van der Waals surface area contributed by atoms with E-state index >= 15 is 0 Å². The summed E-state index contributed by atoms with van der Waals surface area (Å²) in [6.45, 7) is 0. The van der Waals surface area contributed by atoms with E-state index in [0.717, 1.165) is 71.7 Å². The molecule has 3 heterocycles. The van der Waals surface area contributed by atoms with Crippen molar-refractivity contribution in [3.05, 3.63) is 249 Å². The molecule has 0 aliphatic heterocycles. The first kappa shape index (κ1) is 39.2. The van der Waals surface area contributed by atoms with Gasteiger partial charge in [0.05, 0.1) is 22.1 Å². The second kappa shape index (κ2) is 16.4. The van der Waals surface area contributed by atoms with Gasteiger partial charge >= 0.3 is 0 Å². The fourth-order valence-electron chi connectivity index (χ4n) is 9.94. The van der Waals surface area contributed by atoms with Gasteiger partial charge in [-0.05, 0) is 80.9 Å². The SMILES string of the molecule is c1ccc(-c2cccc(-c3cccc(-c4ccc(-c5nc(-c6ccccc6)nc(-n6c7ccccc7c7ccc8c9ccccc9n(-c9cccc(-c%10ccccc%10)c9)c8c76)n5)cc4)c3)c2)cc1. The lowest BCUT2D eigenvalue weighted by molar-refractivity contribution is 0.953. The second-order valence-corrected chi connectivity index (χ2v) is 17.2. The zero-order chi connectivity index (χ0) is 45.0. The summed E-state index contributed by atoms with van der Waals surface area (Å²) in [5.74, 6) is 1.76. The standard InChI is InChI=1S/C63H41N5/c1-4-17-42(18-5-1)47-23-14-25-49(39-47)50-26-15-24-48(40-50)44-33-35-46(36-34-44)62-64-61(45-21-8-3-9-22-45)65-63(66-62)68-58-32-13-11-30-54(58)56-38-37-55-53-29-10-12-31-57(53)67(59(55)60(56)68)52-28-16-27-51(41-52)43-19-6-2-7-20-43/h1-41H. The van der Waals surface area contributed by atoms with Gasteiger partial charge in [0.2, 0.25) is 5.95 Å². The minimum Gasteiger partial charge on any atom is -0.307 e. The van der Waals surface area contributed by atoms with Gasteiger partial charge in [-0.15, -0.1) is 0 Å². The van der Waals surface area contributed by atoms with Gasteiger partial charge in [-0.25, -0.2) is 4.98 Å². The van der Waals surface area contributed by atoms with Crippen molar-refractivity contribution in [3.8, 4) is 78.9 Å². The Morgan fingerprint density at radius 1 is 0.235 bits per heavy atom. The molecule has 13 rings (SSSR count). The summed E-state index contributed by atoms with van der Waals surface area (Å²) in [5.41, 5.74) is 16.5. The lowest BCUT2D eigenvalue weighted by Crippen LogP contribution is -2.07. The Bertz CT molecular complexity index is 4000. The van der Waals surface area contributed by atoms with Gasteiger partial charge in [0.15, 0.2) is 11.6 Å². The molecule has 0 aliphatic rings. The molecule has 0 saturated heterocycles. The highest BCUT2D eigenvalue weighted by molar-refractivity contribution is 6.23. The van der Waals surface area contributed by atoms with Crippen LogP contribution in [0.1, 0.15) is 0 Å². The van der Waals surface area contributed by atoms with E-state index in [1.54, 1.807) is 0 Å². The van der Waals surface area contributed by atoms with Gasteiger partial charge in [0, 0.05) is 38.4 Å². The van der Waals surface area contributed by atoms with Crippen molar-refractivity contribution in [2.45, 2.75) is 0 Å². The van der Waals surface area contributed by atoms with Crippen LogP contribution >= 0.6 is 0 Å². The summed E-state index contributed by atoms with van der Waals surface area (Å²) >= 11 is 0. The van der Waals surface area contributed by atoms with E-state index < -0.39 is 0 Å². The zero-order valence-electron chi connectivity index (χ0n) is 36.9. The van der Waals surface area contributed by atoms with Gasteiger partial charge in [0.1, 0.15) is 0 Å². The van der Waals surface area contributed by atoms with Crippen molar-refractivity contribution in [2.75, 3.05) is 0 Å². The Hall–Kier alpha value is -9.19. The first-order chi connectivity index (χ1) is 33.7. The van der Waals surface area contributed by atoms with E-state index in [1.807, 2.05) is 18.2 Å². The summed E-state index contributed by atoms with van der Waals surface area (Å²) in [5, 5.41) is 4.58. The Kier molecular flexibility index (Phi) is 9.43. The monoisotopic (exact) mass is 867 g/mol. The van der Waals surface area contributed by atoms with E-state index in [0.29, 0.717) is 17.6 Å². The Balaban J connectivity index is 0.987. The van der Waals surface area contributed by atoms with Crippen molar-refractivity contribution in [1.29, 1.82) is 0 Å². The third-order valence-electron chi connectivity index (χ3n) is 13.2. The lowest BCUT2D eigenvalue weighted by Gasteiger charge is -2.14. The quantitative estimate of drug-likeness (QED) is 0.153. The molecule has 13 aromatic rings. The van der Waals surface area contributed by atoms with Crippen LogP contribution in [0.4, 0.5) is 0 Å². The molecular formula is C63H41N5. The van der Waals surface area contributed by atoms with Crippen LogP contribution in [0, 0.1) is 0 Å². The van der Waals surface area contributed by atoms with E-state index in [1.165, 1.54) is 33.2 Å². The highest BCUT2D eigenvalue weighted by atomic mass is 15.2. The fourth-order valence-corrected chi connectivity index (χ4v) is 9.94. The van der Waals surface area contributed by atoms with Gasteiger partial charge in [-0.2, -0.15) is 9.97 Å². The maximum Gasteiger partial charge on any atom is 0.238 e. The topological polar surface area (TPSA) is 48.5 Å². The van der Waals surface area contributed by atoms with E-state index in [2.05, 4.69) is 240 Å². The number of hydrogen-bond acceptors (Lipinski definition) is 3. The summed E-state index contributed by atoms with van der Waals surface area (Å²) in [4.78, 5) is 16.0. The number of fused-ring (bicyclic) bond motifs is 7. The average molecular weight is 868 g/mol. The number of para-hydroxylation sites is 2. The Morgan fingerprint density at radius 3 is 1.15 bits per heavy atom. The molecule has 0 atom stereocenters. The Morgan fingerprint density at radius 2 is 0.603 bits per heavy atom. The van der Waals surface area contributed by atoms with Crippen molar-refractivity contribution < 1.29 is 0 Å². The largest absolute Gasteiger partial charge is 0.307 e. The van der Waals surface area contributed by atoms with E-state index in [4.69, 9.17) is 15.0 Å². The van der Waals surface area contributed by atoms with E-state index in [9.17, 15) is 0 Å². The first-order valence-corrected chi connectivity index (χ1v) is 23.0. The molecule has 0 bridgehead atoms. The molecule has 0 aliphatic carbocycles. The maximum absolute atomic E-state index is 5.41. The van der Waals surface area contributed by atoms with Gasteiger partial charge in [-0.3, -0.25) is 4.57 Å². The lowest BCUT2D eigenvalue weighted by atomic mass is 9.96. The molecule has 0 radical (unpaired) electrons. The highest BCUT2D eigenvalue weighted by Crippen LogP contribution is 2.42. The summed E-state index contributed by atoms with van der Waals surface area (Å²) in [6.07, 6.45) is 0. The van der Waals surface area contributed by atoms with Crippen LogP contribution < -0.4 is 0 Å². The van der Waals surface area contributed by atoms with Crippen molar-refractivity contribution in [1.82, 2.24) is 24.1 Å². The van der Waals surface area contributed by atoms with Crippen LogP contribution in [-0.2, 0) is 0 Å². The number of nitrogens with zero attached hydrogens (tertiary/aromatic N) is 5. The molecule has 3 aromatic heterocycles. The highest BCUT2D eigenvalue weighted by Gasteiger charge is 2.24. The maximum atomic E-state index is 5.41. The minimum atomic E-state index is 0.553. The molecule has 5 heteroatoms. The Labute approximate surface area is 393 Å². The average Bonchev–Trinajstić information content (AvgIpc) is 3.95. The van der Waals surface area contributed by atoms with Crippen LogP contribution in [0.2, 0.25) is 0 Å². The summed E-state index contributed by atoms with van der Waals surface area (Å²) in [7, 11) is 0. The number of aromatic nitrogens is 5. The fraction of sp³-hybridized carbons (Fsp3) is 0. The summed E-state index contributed by atoms with van der Waals surface area (Å²) in [6, 6.07) is 88.2. The van der Waals surface area contributed by atoms with Crippen LogP contribution in [0.3, 0.4) is 0 Å². The molecule has 10 aromatic carbocycles. The van der Waals surface area contributed by atoms with Crippen LogP contribution in [0.5, 0.6) is 0 Å². The third kappa shape index (κ3) is 6.76. The molecular weight excluding hydrogens is 827 g/mol. The molecule has 0 fully saturated rings. The van der Waals surface area contributed by atoms with Crippen molar-refractivity contribution >= 4 is 43.6 Å². The van der Waals surface area contributed by atoms with Crippen LogP contribution in [0.25, 0.3) is 123 Å². The molecule has 0 spiro atoms. The molecule has 5 nitrogen and oxygen atoms in total. The van der Waals surface area contributed by atoms with Gasteiger partial charge in [-0.1, -0.05) is 212 Å². The van der Waals surface area contributed by atoms with Crippen LogP contribution in [-0.4, -0.2) is 24.1 Å². The predicted molar refractivity (Wildman–Crippen MR) is 281 cm³/mol. The third-order valence-corrected chi connectivity index (χ3v) is 13.2.